The standard InChI is InChI=1S/C12H23NO2/c1-12(2,3)13-9-10(14)6-7-11-5-4-8-15-11/h11,13H,4-9H2,1-3H3. The van der Waals surface area contributed by atoms with Gasteiger partial charge in [-0.25, -0.2) is 0 Å². The van der Waals surface area contributed by atoms with Gasteiger partial charge in [-0.2, -0.15) is 0 Å². The summed E-state index contributed by atoms with van der Waals surface area (Å²) >= 11 is 0. The minimum Gasteiger partial charge on any atom is -0.378 e. The second-order valence-electron chi connectivity index (χ2n) is 5.32. The van der Waals surface area contributed by atoms with Crippen molar-refractivity contribution in [2.24, 2.45) is 0 Å². The SMILES string of the molecule is CC(C)(C)NCC(=O)CCC1CCCO1. The highest BCUT2D eigenvalue weighted by Crippen LogP contribution is 2.16. The quantitative estimate of drug-likeness (QED) is 0.758. The summed E-state index contributed by atoms with van der Waals surface area (Å²) < 4.78 is 5.48. The molecule has 88 valence electrons. The van der Waals surface area contributed by atoms with Gasteiger partial charge < -0.3 is 10.1 Å². The molecule has 0 saturated carbocycles. The fraction of sp³-hybridized carbons (Fsp3) is 0.917. The van der Waals surface area contributed by atoms with E-state index in [2.05, 4.69) is 26.1 Å². The zero-order valence-corrected chi connectivity index (χ0v) is 10.1. The Morgan fingerprint density at radius 1 is 1.47 bits per heavy atom. The van der Waals surface area contributed by atoms with Gasteiger partial charge in [-0.05, 0) is 40.0 Å². The van der Waals surface area contributed by atoms with Gasteiger partial charge in [0.2, 0.25) is 0 Å². The lowest BCUT2D eigenvalue weighted by atomic mass is 10.1. The maximum atomic E-state index is 11.5. The summed E-state index contributed by atoms with van der Waals surface area (Å²) in [5.74, 6) is 0.292. The first-order valence-corrected chi connectivity index (χ1v) is 5.86. The van der Waals surface area contributed by atoms with Crippen molar-refractivity contribution in [1.82, 2.24) is 5.32 Å². The summed E-state index contributed by atoms with van der Waals surface area (Å²) in [7, 11) is 0. The fourth-order valence-electron chi connectivity index (χ4n) is 1.65. The van der Waals surface area contributed by atoms with E-state index in [4.69, 9.17) is 4.74 Å². The van der Waals surface area contributed by atoms with Gasteiger partial charge >= 0.3 is 0 Å². The monoisotopic (exact) mass is 213 g/mol. The van der Waals surface area contributed by atoms with Crippen LogP contribution >= 0.6 is 0 Å². The maximum Gasteiger partial charge on any atom is 0.146 e. The summed E-state index contributed by atoms with van der Waals surface area (Å²) in [6, 6.07) is 0. The van der Waals surface area contributed by atoms with E-state index in [1.807, 2.05) is 0 Å². The summed E-state index contributed by atoms with van der Waals surface area (Å²) in [6.07, 6.45) is 4.15. The van der Waals surface area contributed by atoms with Gasteiger partial charge in [0.1, 0.15) is 5.78 Å². The van der Waals surface area contributed by atoms with Crippen molar-refractivity contribution in [2.45, 2.75) is 58.1 Å². The first-order chi connectivity index (χ1) is 6.97. The summed E-state index contributed by atoms with van der Waals surface area (Å²) in [4.78, 5) is 11.5. The van der Waals surface area contributed by atoms with Crippen LogP contribution in [0.25, 0.3) is 0 Å². The molecule has 15 heavy (non-hydrogen) atoms. The van der Waals surface area contributed by atoms with Crippen LogP contribution in [0.5, 0.6) is 0 Å². The molecule has 0 aromatic carbocycles. The number of nitrogens with one attached hydrogen (secondary N) is 1. The number of ketones is 1. The van der Waals surface area contributed by atoms with Gasteiger partial charge in [0.15, 0.2) is 0 Å². The van der Waals surface area contributed by atoms with E-state index in [0.29, 0.717) is 24.9 Å². The molecule has 0 radical (unpaired) electrons. The minimum atomic E-state index is 0.0273. The summed E-state index contributed by atoms with van der Waals surface area (Å²) in [5.41, 5.74) is 0.0273. The van der Waals surface area contributed by atoms with Gasteiger partial charge in [-0.3, -0.25) is 4.79 Å². The van der Waals surface area contributed by atoms with Crippen LogP contribution < -0.4 is 5.32 Å². The Morgan fingerprint density at radius 2 is 2.20 bits per heavy atom. The number of hydrogen-bond donors (Lipinski definition) is 1. The molecule has 1 atom stereocenters. The fourth-order valence-corrected chi connectivity index (χ4v) is 1.65. The number of Topliss-reactive ketones (excluding diaryl/α,β-unsaturated/α-hetero) is 1. The lowest BCUT2D eigenvalue weighted by Gasteiger charge is -2.20. The number of ether oxygens (including phenoxy) is 1. The number of carbonyl (C=O) groups is 1. The van der Waals surface area contributed by atoms with Crippen LogP contribution in [0, 0.1) is 0 Å². The maximum absolute atomic E-state index is 11.5. The number of hydrogen-bond acceptors (Lipinski definition) is 3. The van der Waals surface area contributed by atoms with Gasteiger partial charge in [-0.1, -0.05) is 0 Å². The molecule has 1 heterocycles. The molecular formula is C12H23NO2. The normalized spacial score (nSPS) is 21.9. The highest BCUT2D eigenvalue weighted by atomic mass is 16.5. The largest absolute Gasteiger partial charge is 0.378 e. The minimum absolute atomic E-state index is 0.0273. The van der Waals surface area contributed by atoms with E-state index in [1.54, 1.807) is 0 Å². The molecule has 1 N–H and O–H groups in total. The van der Waals surface area contributed by atoms with Crippen molar-refractivity contribution in [2.75, 3.05) is 13.2 Å². The zero-order valence-electron chi connectivity index (χ0n) is 10.1. The molecule has 0 aliphatic carbocycles. The molecule has 0 bridgehead atoms. The molecule has 1 fully saturated rings. The molecule has 0 aromatic rings. The van der Waals surface area contributed by atoms with Gasteiger partial charge in [0.05, 0.1) is 12.6 Å². The first kappa shape index (κ1) is 12.7. The Hall–Kier alpha value is -0.410. The van der Waals surface area contributed by atoms with Crippen LogP contribution in [-0.2, 0) is 9.53 Å². The van der Waals surface area contributed by atoms with E-state index in [0.717, 1.165) is 25.9 Å². The van der Waals surface area contributed by atoms with Crippen molar-refractivity contribution in [3.05, 3.63) is 0 Å². The van der Waals surface area contributed by atoms with E-state index in [-0.39, 0.29) is 5.54 Å². The Bertz CT molecular complexity index is 202. The Morgan fingerprint density at radius 3 is 2.73 bits per heavy atom. The first-order valence-electron chi connectivity index (χ1n) is 5.86. The van der Waals surface area contributed by atoms with Crippen LogP contribution in [0.1, 0.15) is 46.5 Å². The Labute approximate surface area is 92.6 Å². The van der Waals surface area contributed by atoms with Gasteiger partial charge in [-0.15, -0.1) is 0 Å². The molecule has 1 unspecified atom stereocenters. The molecule has 0 aromatic heterocycles. The average molecular weight is 213 g/mol. The highest BCUT2D eigenvalue weighted by molar-refractivity contribution is 5.80. The molecule has 0 amide bonds. The van der Waals surface area contributed by atoms with Crippen LogP contribution in [0.2, 0.25) is 0 Å². The third-order valence-electron chi connectivity index (χ3n) is 2.59. The predicted octanol–water partition coefficient (Wildman–Crippen LogP) is 1.90. The van der Waals surface area contributed by atoms with Crippen LogP contribution in [0.4, 0.5) is 0 Å². The number of carbonyl (C=O) groups excluding carboxylic acids is 1. The third-order valence-corrected chi connectivity index (χ3v) is 2.59. The molecule has 3 nitrogen and oxygen atoms in total. The van der Waals surface area contributed by atoms with Crippen LogP contribution in [0.3, 0.4) is 0 Å². The topological polar surface area (TPSA) is 38.3 Å². The van der Waals surface area contributed by atoms with Gasteiger partial charge in [0, 0.05) is 18.6 Å². The van der Waals surface area contributed by atoms with Crippen LogP contribution in [-0.4, -0.2) is 30.6 Å². The van der Waals surface area contributed by atoms with Crippen molar-refractivity contribution >= 4 is 5.78 Å². The Balaban J connectivity index is 2.08. The lowest BCUT2D eigenvalue weighted by Crippen LogP contribution is -2.39. The molecule has 1 aliphatic rings. The molecular weight excluding hydrogens is 190 g/mol. The lowest BCUT2D eigenvalue weighted by molar-refractivity contribution is -0.119. The number of rotatable bonds is 5. The Kier molecular flexibility index (Phi) is 4.74. The second-order valence-corrected chi connectivity index (χ2v) is 5.32. The molecule has 1 rings (SSSR count). The van der Waals surface area contributed by atoms with Gasteiger partial charge in [0.25, 0.3) is 0 Å². The van der Waals surface area contributed by atoms with E-state index in [1.165, 1.54) is 0 Å². The smallest absolute Gasteiger partial charge is 0.146 e. The predicted molar refractivity (Wildman–Crippen MR) is 61.0 cm³/mol. The van der Waals surface area contributed by atoms with E-state index in [9.17, 15) is 4.79 Å². The molecule has 0 spiro atoms. The van der Waals surface area contributed by atoms with Crippen molar-refractivity contribution in [3.63, 3.8) is 0 Å². The molecule has 1 aliphatic heterocycles. The third kappa shape index (κ3) is 5.90. The van der Waals surface area contributed by atoms with E-state index < -0.39 is 0 Å². The average Bonchev–Trinajstić information content (AvgIpc) is 2.62. The van der Waals surface area contributed by atoms with E-state index >= 15 is 0 Å². The zero-order chi connectivity index (χ0) is 11.3. The highest BCUT2D eigenvalue weighted by Gasteiger charge is 2.17. The molecule has 3 heteroatoms. The second kappa shape index (κ2) is 5.61. The molecule has 1 saturated heterocycles. The van der Waals surface area contributed by atoms with Crippen molar-refractivity contribution in [3.8, 4) is 0 Å². The van der Waals surface area contributed by atoms with Crippen molar-refractivity contribution in [1.29, 1.82) is 0 Å². The summed E-state index contributed by atoms with van der Waals surface area (Å²) in [5, 5.41) is 3.21. The van der Waals surface area contributed by atoms with Crippen molar-refractivity contribution < 1.29 is 9.53 Å². The summed E-state index contributed by atoms with van der Waals surface area (Å²) in [6.45, 7) is 7.57. The van der Waals surface area contributed by atoms with Crippen LogP contribution in [0.15, 0.2) is 0 Å².